The fraction of sp³-hybridized carbons (Fsp3) is 0.562. The second-order valence-electron chi connectivity index (χ2n) is 5.46. The van der Waals surface area contributed by atoms with E-state index in [1.807, 2.05) is 6.92 Å². The number of rotatable bonds is 4. The first-order chi connectivity index (χ1) is 10.1. The van der Waals surface area contributed by atoms with Crippen LogP contribution in [0.2, 0.25) is 5.02 Å². The number of nitrogens with one attached hydrogen (secondary N) is 1. The average Bonchev–Trinajstić information content (AvgIpc) is 2.75. The number of hydrogen-bond donors (Lipinski definition) is 1. The van der Waals surface area contributed by atoms with E-state index in [0.29, 0.717) is 16.5 Å². The van der Waals surface area contributed by atoms with Gasteiger partial charge in [0.2, 0.25) is 5.91 Å². The van der Waals surface area contributed by atoms with Gasteiger partial charge in [-0.25, -0.2) is 0 Å². The summed E-state index contributed by atoms with van der Waals surface area (Å²) in [7, 11) is 1.57. The lowest BCUT2D eigenvalue weighted by Crippen LogP contribution is -2.42. The standard InChI is InChI=1S/C16H23ClN2O2/c1-12(19-9-5-3-4-6-10-19)16(20)18-13-7-8-15(21-2)14(17)11-13/h7-8,11-12H,3-6,9-10H2,1-2H3,(H,18,20)/t12-/m0/s1. The van der Waals surface area contributed by atoms with Crippen molar-refractivity contribution >= 4 is 23.2 Å². The van der Waals surface area contributed by atoms with Gasteiger partial charge in [0, 0.05) is 5.69 Å². The lowest BCUT2D eigenvalue weighted by atomic mass is 10.2. The molecular formula is C16H23ClN2O2. The van der Waals surface area contributed by atoms with E-state index in [1.54, 1.807) is 25.3 Å². The maximum atomic E-state index is 12.4. The first-order valence-electron chi connectivity index (χ1n) is 7.50. The molecule has 0 spiro atoms. The molecule has 0 unspecified atom stereocenters. The van der Waals surface area contributed by atoms with Crippen LogP contribution in [0.15, 0.2) is 18.2 Å². The Balaban J connectivity index is 1.98. The summed E-state index contributed by atoms with van der Waals surface area (Å²) in [4.78, 5) is 14.6. The number of amides is 1. The number of anilines is 1. The van der Waals surface area contributed by atoms with Gasteiger partial charge in [-0.15, -0.1) is 0 Å². The molecule has 4 nitrogen and oxygen atoms in total. The highest BCUT2D eigenvalue weighted by Gasteiger charge is 2.22. The molecule has 1 atom stereocenters. The minimum absolute atomic E-state index is 0.0122. The molecule has 1 amide bonds. The van der Waals surface area contributed by atoms with E-state index in [1.165, 1.54) is 25.7 Å². The van der Waals surface area contributed by atoms with Crippen molar-refractivity contribution in [3.63, 3.8) is 0 Å². The van der Waals surface area contributed by atoms with Crippen LogP contribution in [-0.2, 0) is 4.79 Å². The van der Waals surface area contributed by atoms with Crippen molar-refractivity contribution in [1.82, 2.24) is 4.90 Å². The zero-order valence-electron chi connectivity index (χ0n) is 12.7. The zero-order chi connectivity index (χ0) is 15.2. The van der Waals surface area contributed by atoms with Crippen LogP contribution in [0.3, 0.4) is 0 Å². The van der Waals surface area contributed by atoms with Crippen LogP contribution in [0.1, 0.15) is 32.6 Å². The third-order valence-electron chi connectivity index (χ3n) is 3.99. The minimum atomic E-state index is -0.121. The number of carbonyl (C=O) groups excluding carboxylic acids is 1. The van der Waals surface area contributed by atoms with Crippen molar-refractivity contribution in [1.29, 1.82) is 0 Å². The molecule has 0 aliphatic carbocycles. The quantitative estimate of drug-likeness (QED) is 0.924. The smallest absolute Gasteiger partial charge is 0.241 e. The van der Waals surface area contributed by atoms with Gasteiger partial charge < -0.3 is 10.1 Å². The Bertz CT molecular complexity index is 485. The van der Waals surface area contributed by atoms with E-state index in [9.17, 15) is 4.79 Å². The second kappa shape index (κ2) is 7.66. The number of hydrogen-bond acceptors (Lipinski definition) is 3. The summed E-state index contributed by atoms with van der Waals surface area (Å²) in [6.07, 6.45) is 4.87. The van der Waals surface area contributed by atoms with Gasteiger partial charge in [-0.05, 0) is 51.1 Å². The zero-order valence-corrected chi connectivity index (χ0v) is 13.4. The van der Waals surface area contributed by atoms with Crippen molar-refractivity contribution in [3.8, 4) is 5.75 Å². The van der Waals surface area contributed by atoms with Crippen molar-refractivity contribution < 1.29 is 9.53 Å². The average molecular weight is 311 g/mol. The molecule has 1 saturated heterocycles. The molecule has 0 aromatic heterocycles. The molecule has 2 rings (SSSR count). The first-order valence-corrected chi connectivity index (χ1v) is 7.88. The number of halogens is 1. The van der Waals surface area contributed by atoms with Crippen LogP contribution in [0, 0.1) is 0 Å². The van der Waals surface area contributed by atoms with Crippen LogP contribution >= 0.6 is 11.6 Å². The molecule has 1 aliphatic heterocycles. The maximum absolute atomic E-state index is 12.4. The summed E-state index contributed by atoms with van der Waals surface area (Å²) in [5.74, 6) is 0.619. The molecule has 1 aromatic rings. The van der Waals surface area contributed by atoms with Gasteiger partial charge in [0.15, 0.2) is 0 Å². The van der Waals surface area contributed by atoms with E-state index in [4.69, 9.17) is 16.3 Å². The van der Waals surface area contributed by atoms with E-state index < -0.39 is 0 Å². The van der Waals surface area contributed by atoms with Crippen molar-refractivity contribution in [2.24, 2.45) is 0 Å². The molecule has 1 fully saturated rings. The summed E-state index contributed by atoms with van der Waals surface area (Å²) in [6, 6.07) is 5.16. The van der Waals surface area contributed by atoms with Gasteiger partial charge in [-0.2, -0.15) is 0 Å². The predicted octanol–water partition coefficient (Wildman–Crippen LogP) is 3.55. The Labute approximate surface area is 131 Å². The lowest BCUT2D eigenvalue weighted by Gasteiger charge is -2.26. The third-order valence-corrected chi connectivity index (χ3v) is 4.28. The topological polar surface area (TPSA) is 41.6 Å². The minimum Gasteiger partial charge on any atom is -0.495 e. The molecule has 1 aromatic carbocycles. The number of nitrogens with zero attached hydrogens (tertiary/aromatic N) is 1. The van der Waals surface area contributed by atoms with Crippen molar-refractivity contribution in [3.05, 3.63) is 23.2 Å². The van der Waals surface area contributed by atoms with Crippen LogP contribution < -0.4 is 10.1 Å². The summed E-state index contributed by atoms with van der Waals surface area (Å²) in [6.45, 7) is 3.96. The van der Waals surface area contributed by atoms with Crippen molar-refractivity contribution in [2.75, 3.05) is 25.5 Å². The van der Waals surface area contributed by atoms with E-state index >= 15 is 0 Å². The first kappa shape index (κ1) is 16.1. The number of benzene rings is 1. The highest BCUT2D eigenvalue weighted by Crippen LogP contribution is 2.27. The maximum Gasteiger partial charge on any atom is 0.241 e. The normalized spacial score (nSPS) is 17.9. The summed E-state index contributed by atoms with van der Waals surface area (Å²) < 4.78 is 5.11. The van der Waals surface area contributed by atoms with E-state index in [0.717, 1.165) is 13.1 Å². The lowest BCUT2D eigenvalue weighted by molar-refractivity contribution is -0.120. The molecule has 21 heavy (non-hydrogen) atoms. The number of ether oxygens (including phenoxy) is 1. The molecule has 0 bridgehead atoms. The molecule has 5 heteroatoms. The van der Waals surface area contributed by atoms with Crippen LogP contribution in [0.5, 0.6) is 5.75 Å². The molecule has 1 heterocycles. The monoisotopic (exact) mass is 310 g/mol. The van der Waals surface area contributed by atoms with Crippen LogP contribution in [-0.4, -0.2) is 37.0 Å². The summed E-state index contributed by atoms with van der Waals surface area (Å²) in [5, 5.41) is 3.43. The molecule has 0 radical (unpaired) electrons. The van der Waals surface area contributed by atoms with Crippen LogP contribution in [0.25, 0.3) is 0 Å². The molecular weight excluding hydrogens is 288 g/mol. The molecule has 116 valence electrons. The predicted molar refractivity (Wildman–Crippen MR) is 86.1 cm³/mol. The molecule has 1 aliphatic rings. The molecule has 0 saturated carbocycles. The third kappa shape index (κ3) is 4.35. The van der Waals surface area contributed by atoms with Gasteiger partial charge in [-0.1, -0.05) is 24.4 Å². The highest BCUT2D eigenvalue weighted by atomic mass is 35.5. The Morgan fingerprint density at radius 2 is 1.95 bits per heavy atom. The Hall–Kier alpha value is -1.26. The number of likely N-dealkylation sites (tertiary alicyclic amines) is 1. The fourth-order valence-electron chi connectivity index (χ4n) is 2.64. The Morgan fingerprint density at radius 1 is 1.29 bits per heavy atom. The largest absolute Gasteiger partial charge is 0.495 e. The Morgan fingerprint density at radius 3 is 2.52 bits per heavy atom. The fourth-order valence-corrected chi connectivity index (χ4v) is 2.90. The highest BCUT2D eigenvalue weighted by molar-refractivity contribution is 6.32. The van der Waals surface area contributed by atoms with Gasteiger partial charge in [0.1, 0.15) is 5.75 Å². The molecule has 1 N–H and O–H groups in total. The van der Waals surface area contributed by atoms with Gasteiger partial charge in [0.25, 0.3) is 0 Å². The van der Waals surface area contributed by atoms with Gasteiger partial charge in [0.05, 0.1) is 18.2 Å². The SMILES string of the molecule is COc1ccc(NC(=O)[C@H](C)N2CCCCCC2)cc1Cl. The van der Waals surface area contributed by atoms with Gasteiger partial charge >= 0.3 is 0 Å². The van der Waals surface area contributed by atoms with E-state index in [2.05, 4.69) is 10.2 Å². The van der Waals surface area contributed by atoms with Crippen molar-refractivity contribution in [2.45, 2.75) is 38.6 Å². The van der Waals surface area contributed by atoms with E-state index in [-0.39, 0.29) is 11.9 Å². The Kier molecular flexibility index (Phi) is 5.88. The van der Waals surface area contributed by atoms with Gasteiger partial charge in [-0.3, -0.25) is 9.69 Å². The summed E-state index contributed by atoms with van der Waals surface area (Å²) >= 11 is 6.08. The van der Waals surface area contributed by atoms with Crippen LogP contribution in [0.4, 0.5) is 5.69 Å². The summed E-state index contributed by atoms with van der Waals surface area (Å²) in [5.41, 5.74) is 0.701. The number of methoxy groups -OCH3 is 1. The second-order valence-corrected chi connectivity index (χ2v) is 5.87. The number of carbonyl (C=O) groups is 1.